The van der Waals surface area contributed by atoms with E-state index < -0.39 is 0 Å². The minimum atomic E-state index is 0.580. The van der Waals surface area contributed by atoms with Crippen molar-refractivity contribution in [1.82, 2.24) is 9.97 Å². The predicted molar refractivity (Wildman–Crippen MR) is 72.3 cm³/mol. The van der Waals surface area contributed by atoms with Crippen molar-refractivity contribution in [2.24, 2.45) is 0 Å². The number of aromatic nitrogens is 2. The molecule has 0 aliphatic heterocycles. The lowest BCUT2D eigenvalue weighted by Gasteiger charge is -2.14. The van der Waals surface area contributed by atoms with Crippen molar-refractivity contribution in [3.8, 4) is 0 Å². The highest BCUT2D eigenvalue weighted by molar-refractivity contribution is 9.10. The van der Waals surface area contributed by atoms with Crippen LogP contribution < -0.4 is 0 Å². The van der Waals surface area contributed by atoms with Gasteiger partial charge in [0.05, 0.1) is 4.47 Å². The van der Waals surface area contributed by atoms with Gasteiger partial charge in [0.25, 0.3) is 0 Å². The highest BCUT2D eigenvalue weighted by Gasteiger charge is 2.17. The van der Waals surface area contributed by atoms with Crippen molar-refractivity contribution >= 4 is 28.1 Å². The Kier molecular flexibility index (Phi) is 4.14. The first-order valence-corrected chi connectivity index (χ1v) is 7.15. The fraction of sp³-hybridized carbons (Fsp3) is 0.667. The SMILES string of the molecule is Cc1[nH]c(C2CCCCCC2)nc(=S)c1Br. The maximum atomic E-state index is 5.25. The smallest absolute Gasteiger partial charge is 0.144 e. The number of rotatable bonds is 1. The number of aromatic amines is 1. The summed E-state index contributed by atoms with van der Waals surface area (Å²) in [6.07, 6.45) is 7.88. The Hall–Kier alpha value is -0.220. The fourth-order valence-corrected chi connectivity index (χ4v) is 2.78. The van der Waals surface area contributed by atoms with Crippen LogP contribution in [0.3, 0.4) is 0 Å². The van der Waals surface area contributed by atoms with Gasteiger partial charge < -0.3 is 4.98 Å². The molecule has 1 aliphatic rings. The normalized spacial score (nSPS) is 18.4. The Morgan fingerprint density at radius 3 is 2.44 bits per heavy atom. The van der Waals surface area contributed by atoms with E-state index in [0.717, 1.165) is 16.0 Å². The summed E-state index contributed by atoms with van der Waals surface area (Å²) in [5, 5.41) is 0. The van der Waals surface area contributed by atoms with Gasteiger partial charge in [-0.25, -0.2) is 4.98 Å². The third-order valence-electron chi connectivity index (χ3n) is 3.30. The summed E-state index contributed by atoms with van der Waals surface area (Å²) in [6.45, 7) is 2.04. The van der Waals surface area contributed by atoms with Gasteiger partial charge in [0.15, 0.2) is 0 Å². The molecule has 0 spiro atoms. The molecule has 1 aromatic heterocycles. The number of H-pyrrole nitrogens is 1. The topological polar surface area (TPSA) is 28.7 Å². The Balaban J connectivity index is 2.28. The number of halogens is 1. The molecule has 1 aliphatic carbocycles. The fourth-order valence-electron chi connectivity index (χ4n) is 2.34. The number of nitrogens with zero attached hydrogens (tertiary/aromatic N) is 1. The summed E-state index contributed by atoms with van der Waals surface area (Å²) in [6, 6.07) is 0. The highest BCUT2D eigenvalue weighted by Crippen LogP contribution is 2.30. The lowest BCUT2D eigenvalue weighted by atomic mass is 9.99. The van der Waals surface area contributed by atoms with Gasteiger partial charge in [0.2, 0.25) is 0 Å². The Bertz CT molecular complexity index is 420. The zero-order chi connectivity index (χ0) is 11.5. The van der Waals surface area contributed by atoms with E-state index in [9.17, 15) is 0 Å². The summed E-state index contributed by atoms with van der Waals surface area (Å²) >= 11 is 8.71. The van der Waals surface area contributed by atoms with Crippen molar-refractivity contribution in [2.75, 3.05) is 0 Å². The molecule has 0 atom stereocenters. The molecular formula is C12H17BrN2S. The minimum absolute atomic E-state index is 0.580. The van der Waals surface area contributed by atoms with Gasteiger partial charge in [-0.15, -0.1) is 0 Å². The summed E-state index contributed by atoms with van der Waals surface area (Å²) in [4.78, 5) is 7.90. The van der Waals surface area contributed by atoms with Crippen LogP contribution in [0.4, 0.5) is 0 Å². The summed E-state index contributed by atoms with van der Waals surface area (Å²) in [7, 11) is 0. The Morgan fingerprint density at radius 2 is 1.88 bits per heavy atom. The van der Waals surface area contributed by atoms with Crippen LogP contribution in [-0.2, 0) is 0 Å². The van der Waals surface area contributed by atoms with Gasteiger partial charge in [0.1, 0.15) is 10.5 Å². The van der Waals surface area contributed by atoms with E-state index in [1.165, 1.54) is 38.5 Å². The lowest BCUT2D eigenvalue weighted by Crippen LogP contribution is -2.05. The first-order valence-electron chi connectivity index (χ1n) is 5.95. The van der Waals surface area contributed by atoms with Crippen molar-refractivity contribution in [3.05, 3.63) is 20.6 Å². The van der Waals surface area contributed by atoms with Crippen LogP contribution in [0.2, 0.25) is 0 Å². The summed E-state index contributed by atoms with van der Waals surface area (Å²) < 4.78 is 1.62. The maximum Gasteiger partial charge on any atom is 0.144 e. The molecule has 1 saturated carbocycles. The summed E-state index contributed by atoms with van der Waals surface area (Å²) in [5.74, 6) is 1.67. The third kappa shape index (κ3) is 2.72. The molecule has 1 fully saturated rings. The largest absolute Gasteiger partial charge is 0.346 e. The van der Waals surface area contributed by atoms with E-state index in [1.54, 1.807) is 0 Å². The van der Waals surface area contributed by atoms with E-state index in [4.69, 9.17) is 12.2 Å². The van der Waals surface area contributed by atoms with E-state index in [-0.39, 0.29) is 0 Å². The van der Waals surface area contributed by atoms with Crippen molar-refractivity contribution < 1.29 is 0 Å². The quantitative estimate of drug-likeness (QED) is 0.604. The summed E-state index contributed by atoms with van der Waals surface area (Å²) in [5.41, 5.74) is 1.10. The molecule has 1 heterocycles. The number of hydrogen-bond donors (Lipinski definition) is 1. The van der Waals surface area contributed by atoms with E-state index in [0.29, 0.717) is 10.6 Å². The van der Waals surface area contributed by atoms with Crippen LogP contribution in [-0.4, -0.2) is 9.97 Å². The predicted octanol–water partition coefficient (Wildman–Crippen LogP) is 4.65. The highest BCUT2D eigenvalue weighted by atomic mass is 79.9. The molecule has 4 heteroatoms. The zero-order valence-corrected chi connectivity index (χ0v) is 12.0. The second-order valence-corrected chi connectivity index (χ2v) is 5.73. The zero-order valence-electron chi connectivity index (χ0n) is 9.55. The number of nitrogens with one attached hydrogen (secondary N) is 1. The lowest BCUT2D eigenvalue weighted by molar-refractivity contribution is 0.557. The van der Waals surface area contributed by atoms with Crippen LogP contribution in [0, 0.1) is 11.6 Å². The molecule has 2 rings (SSSR count). The molecule has 0 bridgehead atoms. The molecular weight excluding hydrogens is 284 g/mol. The molecule has 2 nitrogen and oxygen atoms in total. The monoisotopic (exact) mass is 300 g/mol. The Labute approximate surface area is 110 Å². The van der Waals surface area contributed by atoms with Gasteiger partial charge in [-0.05, 0) is 35.7 Å². The van der Waals surface area contributed by atoms with E-state index in [1.807, 2.05) is 6.92 Å². The molecule has 1 N–H and O–H groups in total. The molecule has 0 saturated heterocycles. The standard InChI is InChI=1S/C12H17BrN2S/c1-8-10(13)12(16)15-11(14-8)9-6-4-2-3-5-7-9/h9H,2-7H2,1H3,(H,14,15,16). The second-order valence-electron chi connectivity index (χ2n) is 4.55. The average molecular weight is 301 g/mol. The maximum absolute atomic E-state index is 5.25. The molecule has 16 heavy (non-hydrogen) atoms. The number of aryl methyl sites for hydroxylation is 1. The van der Waals surface area contributed by atoms with Crippen LogP contribution in [0.5, 0.6) is 0 Å². The van der Waals surface area contributed by atoms with Gasteiger partial charge in [-0.1, -0.05) is 37.9 Å². The van der Waals surface area contributed by atoms with Crippen molar-refractivity contribution in [2.45, 2.75) is 51.4 Å². The van der Waals surface area contributed by atoms with Crippen molar-refractivity contribution in [3.63, 3.8) is 0 Å². The molecule has 0 amide bonds. The van der Waals surface area contributed by atoms with Gasteiger partial charge in [-0.3, -0.25) is 0 Å². The van der Waals surface area contributed by atoms with Gasteiger partial charge in [0, 0.05) is 11.6 Å². The second kappa shape index (κ2) is 5.41. The van der Waals surface area contributed by atoms with Crippen LogP contribution in [0.1, 0.15) is 56.0 Å². The molecule has 0 aromatic carbocycles. The first-order chi connectivity index (χ1) is 7.68. The first kappa shape index (κ1) is 12.2. The third-order valence-corrected chi connectivity index (χ3v) is 4.82. The van der Waals surface area contributed by atoms with E-state index in [2.05, 4.69) is 25.9 Å². The molecule has 1 aromatic rings. The van der Waals surface area contributed by atoms with Crippen LogP contribution in [0.25, 0.3) is 0 Å². The molecule has 0 radical (unpaired) electrons. The molecule has 88 valence electrons. The van der Waals surface area contributed by atoms with Crippen molar-refractivity contribution in [1.29, 1.82) is 0 Å². The van der Waals surface area contributed by atoms with Gasteiger partial charge >= 0.3 is 0 Å². The van der Waals surface area contributed by atoms with Crippen LogP contribution in [0.15, 0.2) is 4.47 Å². The minimum Gasteiger partial charge on any atom is -0.346 e. The number of hydrogen-bond acceptors (Lipinski definition) is 2. The van der Waals surface area contributed by atoms with Crippen LogP contribution >= 0.6 is 28.1 Å². The Morgan fingerprint density at radius 1 is 1.25 bits per heavy atom. The molecule has 0 unspecified atom stereocenters. The van der Waals surface area contributed by atoms with E-state index >= 15 is 0 Å². The van der Waals surface area contributed by atoms with Gasteiger partial charge in [-0.2, -0.15) is 0 Å². The average Bonchev–Trinajstić information content (AvgIpc) is 2.53.